The van der Waals surface area contributed by atoms with Crippen molar-refractivity contribution in [2.24, 2.45) is 0 Å². The molecule has 0 radical (unpaired) electrons. The van der Waals surface area contributed by atoms with Crippen LogP contribution in [0.4, 0.5) is 5.69 Å². The molecule has 0 atom stereocenters. The highest BCUT2D eigenvalue weighted by atomic mass is 15.2. The van der Waals surface area contributed by atoms with Crippen molar-refractivity contribution in [3.05, 3.63) is 64.8 Å². The van der Waals surface area contributed by atoms with E-state index < -0.39 is 0 Å². The van der Waals surface area contributed by atoms with Crippen LogP contribution in [0.2, 0.25) is 0 Å². The molecule has 154 valence electrons. The Hall–Kier alpha value is -2.81. The third kappa shape index (κ3) is 2.99. The third-order valence-corrected chi connectivity index (χ3v) is 6.35. The Bertz CT molecular complexity index is 1240. The van der Waals surface area contributed by atoms with Crippen LogP contribution in [0.15, 0.2) is 42.5 Å². The number of hydrogen-bond donors (Lipinski definition) is 0. The lowest BCUT2D eigenvalue weighted by Crippen LogP contribution is -2.26. The lowest BCUT2D eigenvalue weighted by Gasteiger charge is -2.25. The largest absolute Gasteiger partial charge is 0.368 e. The number of fused-ring (bicyclic) bond motifs is 3. The zero-order valence-corrected chi connectivity index (χ0v) is 18.8. The predicted octanol–water partition coefficient (Wildman–Crippen LogP) is 6.79. The van der Waals surface area contributed by atoms with Gasteiger partial charge in [0.1, 0.15) is 5.65 Å². The summed E-state index contributed by atoms with van der Waals surface area (Å²) in [6.07, 6.45) is 3.77. The van der Waals surface area contributed by atoms with Crippen LogP contribution in [0.1, 0.15) is 48.6 Å². The van der Waals surface area contributed by atoms with Crippen molar-refractivity contribution in [3.8, 4) is 5.69 Å². The molecule has 2 heterocycles. The highest BCUT2D eigenvalue weighted by Gasteiger charge is 2.31. The van der Waals surface area contributed by atoms with Gasteiger partial charge >= 0.3 is 0 Å². The lowest BCUT2D eigenvalue weighted by atomic mass is 10.0. The first-order valence-electron chi connectivity index (χ1n) is 11.2. The van der Waals surface area contributed by atoms with Crippen molar-refractivity contribution in [1.29, 1.82) is 0 Å². The van der Waals surface area contributed by atoms with E-state index in [-0.39, 0.29) is 0 Å². The summed E-state index contributed by atoms with van der Waals surface area (Å²) in [4.78, 5) is 7.75. The fourth-order valence-corrected chi connectivity index (χ4v) is 5.16. The fourth-order valence-electron chi connectivity index (χ4n) is 5.16. The minimum atomic E-state index is 0.680. The molecule has 0 aliphatic heterocycles. The number of benzene rings is 2. The summed E-state index contributed by atoms with van der Waals surface area (Å²) in [5, 5.41) is 2.60. The quantitative estimate of drug-likeness (QED) is 0.369. The molecule has 4 aromatic rings. The number of para-hydroxylation sites is 1. The molecule has 0 amide bonds. The monoisotopic (exact) mass is 397 g/mol. The van der Waals surface area contributed by atoms with E-state index >= 15 is 0 Å². The molecule has 2 aromatic heterocycles. The van der Waals surface area contributed by atoms with Crippen LogP contribution in [0.5, 0.6) is 0 Å². The van der Waals surface area contributed by atoms with Gasteiger partial charge in [-0.15, -0.1) is 0 Å². The van der Waals surface area contributed by atoms with Gasteiger partial charge in [0.2, 0.25) is 0 Å². The van der Waals surface area contributed by atoms with Gasteiger partial charge in [-0.2, -0.15) is 0 Å². The predicted molar refractivity (Wildman–Crippen MR) is 128 cm³/mol. The molecule has 0 spiro atoms. The van der Waals surface area contributed by atoms with Crippen molar-refractivity contribution in [1.82, 2.24) is 9.55 Å². The first-order chi connectivity index (χ1) is 14.5. The molecule has 5 rings (SSSR count). The number of rotatable bonds is 5. The van der Waals surface area contributed by atoms with Crippen LogP contribution in [0.3, 0.4) is 0 Å². The minimum Gasteiger partial charge on any atom is -0.368 e. The molecule has 1 aliphatic rings. The second kappa shape index (κ2) is 7.16. The van der Waals surface area contributed by atoms with Crippen LogP contribution in [-0.4, -0.2) is 22.1 Å². The van der Waals surface area contributed by atoms with E-state index in [1.165, 1.54) is 57.2 Å². The van der Waals surface area contributed by atoms with Crippen molar-refractivity contribution < 1.29 is 0 Å². The summed E-state index contributed by atoms with van der Waals surface area (Å²) in [6, 6.07) is 16.4. The maximum Gasteiger partial charge on any atom is 0.147 e. The fraction of sp³-hybridized carbons (Fsp3) is 0.370. The Labute approximate surface area is 179 Å². The van der Waals surface area contributed by atoms with Crippen LogP contribution in [0, 0.1) is 27.7 Å². The van der Waals surface area contributed by atoms with E-state index in [0.717, 1.165) is 24.3 Å². The van der Waals surface area contributed by atoms with E-state index in [1.807, 2.05) is 0 Å². The highest BCUT2D eigenvalue weighted by Crippen LogP contribution is 2.42. The lowest BCUT2D eigenvalue weighted by molar-refractivity contribution is 0.765. The number of nitrogens with zero attached hydrogens (tertiary/aromatic N) is 3. The zero-order valence-electron chi connectivity index (χ0n) is 18.8. The Morgan fingerprint density at radius 2 is 1.70 bits per heavy atom. The summed E-state index contributed by atoms with van der Waals surface area (Å²) in [7, 11) is 0. The molecule has 0 N–H and O–H groups in total. The zero-order chi connectivity index (χ0) is 21.0. The summed E-state index contributed by atoms with van der Waals surface area (Å²) < 4.78 is 2.41. The molecular weight excluding hydrogens is 366 g/mol. The number of aryl methyl sites for hydroxylation is 4. The van der Waals surface area contributed by atoms with Crippen LogP contribution in [-0.2, 0) is 0 Å². The van der Waals surface area contributed by atoms with Gasteiger partial charge in [0.15, 0.2) is 0 Å². The highest BCUT2D eigenvalue weighted by molar-refractivity contribution is 6.14. The molecular formula is C27H31N3. The summed E-state index contributed by atoms with van der Waals surface area (Å²) in [6.45, 7) is 12.1. The molecule has 1 fully saturated rings. The van der Waals surface area contributed by atoms with E-state index in [1.54, 1.807) is 0 Å². The van der Waals surface area contributed by atoms with E-state index in [2.05, 4.69) is 86.6 Å². The Balaban J connectivity index is 1.91. The molecule has 1 aliphatic carbocycles. The number of anilines is 1. The SMILES string of the molecule is CCCN(c1cc(C)nc2c1c1ccccc1n2-c1c(C)cc(C)cc1C)C1CC1. The van der Waals surface area contributed by atoms with Gasteiger partial charge in [-0.25, -0.2) is 4.98 Å². The molecule has 1 saturated carbocycles. The van der Waals surface area contributed by atoms with Crippen molar-refractivity contribution in [3.63, 3.8) is 0 Å². The van der Waals surface area contributed by atoms with Gasteiger partial charge in [-0.1, -0.05) is 42.8 Å². The summed E-state index contributed by atoms with van der Waals surface area (Å²) in [5.41, 5.74) is 9.95. The van der Waals surface area contributed by atoms with Gasteiger partial charge in [0.05, 0.1) is 22.3 Å². The number of hydrogen-bond acceptors (Lipinski definition) is 2. The third-order valence-electron chi connectivity index (χ3n) is 6.35. The van der Waals surface area contributed by atoms with Gasteiger partial charge in [-0.05, 0) is 70.2 Å². The molecule has 3 nitrogen and oxygen atoms in total. The van der Waals surface area contributed by atoms with Gasteiger partial charge in [0.25, 0.3) is 0 Å². The topological polar surface area (TPSA) is 21.1 Å². The van der Waals surface area contributed by atoms with Crippen LogP contribution < -0.4 is 4.90 Å². The molecule has 0 bridgehead atoms. The Morgan fingerprint density at radius 1 is 1.00 bits per heavy atom. The second-order valence-corrected chi connectivity index (χ2v) is 9.01. The maximum atomic E-state index is 5.11. The van der Waals surface area contributed by atoms with Crippen molar-refractivity contribution >= 4 is 27.6 Å². The standard InChI is InChI=1S/C27H31N3/c1-6-13-29(21-11-12-21)24-16-20(5)28-27-25(24)22-9-7-8-10-23(22)30(27)26-18(3)14-17(2)15-19(26)4/h7-10,14-16,21H,6,11-13H2,1-5H3. The summed E-state index contributed by atoms with van der Waals surface area (Å²) in [5.74, 6) is 0. The normalized spacial score (nSPS) is 14.0. The van der Waals surface area contributed by atoms with Gasteiger partial charge in [0, 0.05) is 23.7 Å². The van der Waals surface area contributed by atoms with Gasteiger partial charge in [-0.3, -0.25) is 4.57 Å². The minimum absolute atomic E-state index is 0.680. The van der Waals surface area contributed by atoms with E-state index in [0.29, 0.717) is 6.04 Å². The molecule has 3 heteroatoms. The molecule has 30 heavy (non-hydrogen) atoms. The van der Waals surface area contributed by atoms with E-state index in [9.17, 15) is 0 Å². The van der Waals surface area contributed by atoms with Crippen LogP contribution >= 0.6 is 0 Å². The second-order valence-electron chi connectivity index (χ2n) is 9.01. The Morgan fingerprint density at radius 3 is 2.37 bits per heavy atom. The van der Waals surface area contributed by atoms with Gasteiger partial charge < -0.3 is 4.90 Å². The van der Waals surface area contributed by atoms with Crippen molar-refractivity contribution in [2.75, 3.05) is 11.4 Å². The number of pyridine rings is 1. The first-order valence-corrected chi connectivity index (χ1v) is 11.2. The molecule has 2 aromatic carbocycles. The van der Waals surface area contributed by atoms with Crippen molar-refractivity contribution in [2.45, 2.75) is 59.9 Å². The average molecular weight is 398 g/mol. The average Bonchev–Trinajstić information content (AvgIpc) is 3.49. The van der Waals surface area contributed by atoms with Crippen LogP contribution in [0.25, 0.3) is 27.6 Å². The Kier molecular flexibility index (Phi) is 4.57. The molecule has 0 unspecified atom stereocenters. The number of aromatic nitrogens is 2. The smallest absolute Gasteiger partial charge is 0.147 e. The molecule has 0 saturated heterocycles. The first kappa shape index (κ1) is 19.2. The summed E-state index contributed by atoms with van der Waals surface area (Å²) >= 11 is 0. The van der Waals surface area contributed by atoms with E-state index in [4.69, 9.17) is 4.98 Å². The maximum absolute atomic E-state index is 5.11.